The maximum atomic E-state index is 13.2. The van der Waals surface area contributed by atoms with Crippen molar-refractivity contribution in [2.45, 2.75) is 0 Å². The Balaban J connectivity index is 2.01. The molecular weight excluding hydrogens is 431 g/mol. The highest BCUT2D eigenvalue weighted by molar-refractivity contribution is 7.80. The van der Waals surface area contributed by atoms with E-state index in [1.165, 1.54) is 43.5 Å². The Kier molecular flexibility index (Phi) is 6.49. The number of thiocarbonyl (C=S) groups is 1. The van der Waals surface area contributed by atoms with Crippen LogP contribution in [0.2, 0.25) is 5.02 Å². The van der Waals surface area contributed by atoms with E-state index in [2.05, 4.69) is 11.9 Å². The molecule has 1 aliphatic heterocycles. The number of amides is 2. The Bertz CT molecular complexity index is 1070. The third kappa shape index (κ3) is 4.34. The van der Waals surface area contributed by atoms with Crippen molar-refractivity contribution < 1.29 is 23.5 Å². The van der Waals surface area contributed by atoms with Gasteiger partial charge in [-0.1, -0.05) is 24.3 Å². The number of benzene rings is 2. The van der Waals surface area contributed by atoms with Crippen LogP contribution in [0.15, 0.2) is 54.6 Å². The first kappa shape index (κ1) is 21.5. The van der Waals surface area contributed by atoms with Gasteiger partial charge in [0, 0.05) is 0 Å². The van der Waals surface area contributed by atoms with E-state index in [0.29, 0.717) is 22.7 Å². The van der Waals surface area contributed by atoms with Crippen LogP contribution in [-0.4, -0.2) is 30.6 Å². The molecule has 1 saturated heterocycles. The van der Waals surface area contributed by atoms with Gasteiger partial charge in [0.05, 0.1) is 17.8 Å². The molecular formula is C21H16ClFN2O4S. The van der Waals surface area contributed by atoms with E-state index in [0.717, 1.165) is 4.90 Å². The van der Waals surface area contributed by atoms with Gasteiger partial charge in [0.2, 0.25) is 0 Å². The highest BCUT2D eigenvalue weighted by atomic mass is 35.5. The first-order valence-electron chi connectivity index (χ1n) is 8.64. The summed E-state index contributed by atoms with van der Waals surface area (Å²) in [6, 6.07) is 8.27. The molecule has 6 nitrogen and oxygen atoms in total. The van der Waals surface area contributed by atoms with Crippen molar-refractivity contribution in [3.8, 4) is 11.5 Å². The summed E-state index contributed by atoms with van der Waals surface area (Å²) in [4.78, 5) is 26.5. The summed E-state index contributed by atoms with van der Waals surface area (Å²) in [5.74, 6) is -1.14. The number of anilines is 1. The first-order chi connectivity index (χ1) is 14.3. The van der Waals surface area contributed by atoms with Crippen LogP contribution in [0.4, 0.5) is 10.1 Å². The lowest BCUT2D eigenvalue weighted by Gasteiger charge is -2.28. The lowest BCUT2D eigenvalue weighted by atomic mass is 10.1. The molecule has 1 fully saturated rings. The number of carbonyl (C=O) groups is 2. The van der Waals surface area contributed by atoms with Crippen LogP contribution in [0.25, 0.3) is 6.08 Å². The number of carbonyl (C=O) groups excluding carboxylic acids is 2. The topological polar surface area (TPSA) is 67.9 Å². The van der Waals surface area contributed by atoms with Gasteiger partial charge in [0.25, 0.3) is 11.8 Å². The van der Waals surface area contributed by atoms with E-state index in [1.807, 2.05) is 0 Å². The van der Waals surface area contributed by atoms with E-state index < -0.39 is 17.6 Å². The zero-order valence-corrected chi connectivity index (χ0v) is 17.3. The number of rotatable bonds is 6. The summed E-state index contributed by atoms with van der Waals surface area (Å²) in [5.41, 5.74) is 0.583. The van der Waals surface area contributed by atoms with E-state index >= 15 is 0 Å². The molecule has 1 heterocycles. The molecule has 30 heavy (non-hydrogen) atoms. The maximum Gasteiger partial charge on any atom is 0.270 e. The van der Waals surface area contributed by atoms with Crippen LogP contribution in [0.5, 0.6) is 11.5 Å². The Morgan fingerprint density at radius 1 is 1.27 bits per heavy atom. The average molecular weight is 447 g/mol. The number of halogens is 2. The molecule has 2 amide bonds. The molecule has 1 aliphatic rings. The number of nitrogens with one attached hydrogen (secondary N) is 1. The molecule has 0 saturated carbocycles. The third-order valence-electron chi connectivity index (χ3n) is 4.09. The van der Waals surface area contributed by atoms with Crippen molar-refractivity contribution in [1.82, 2.24) is 5.32 Å². The SMILES string of the molecule is C=CCOc1c(Cl)cc(/C=C2/C(=O)NC(=S)N(c3ccc(F)cc3)C2=O)cc1OC. The van der Waals surface area contributed by atoms with Gasteiger partial charge < -0.3 is 9.47 Å². The molecule has 0 aliphatic carbocycles. The molecule has 2 aromatic carbocycles. The predicted octanol–water partition coefficient (Wildman–Crippen LogP) is 3.88. The molecule has 154 valence electrons. The number of nitrogens with zero attached hydrogens (tertiary/aromatic N) is 1. The van der Waals surface area contributed by atoms with Gasteiger partial charge in [0.15, 0.2) is 16.6 Å². The Labute approximate surface area is 182 Å². The van der Waals surface area contributed by atoms with Gasteiger partial charge in [-0.2, -0.15) is 0 Å². The summed E-state index contributed by atoms with van der Waals surface area (Å²) in [6.07, 6.45) is 2.92. The lowest BCUT2D eigenvalue weighted by molar-refractivity contribution is -0.122. The quantitative estimate of drug-likeness (QED) is 0.315. The minimum atomic E-state index is -0.662. The Hall–Kier alpha value is -3.23. The zero-order chi connectivity index (χ0) is 21.8. The highest BCUT2D eigenvalue weighted by Crippen LogP contribution is 2.37. The molecule has 0 unspecified atom stereocenters. The maximum absolute atomic E-state index is 13.2. The fourth-order valence-corrected chi connectivity index (χ4v) is 3.31. The van der Waals surface area contributed by atoms with Crippen molar-refractivity contribution in [3.63, 3.8) is 0 Å². The van der Waals surface area contributed by atoms with E-state index in [1.54, 1.807) is 12.1 Å². The number of hydrogen-bond acceptors (Lipinski definition) is 5. The van der Waals surface area contributed by atoms with E-state index in [9.17, 15) is 14.0 Å². The summed E-state index contributed by atoms with van der Waals surface area (Å²) in [7, 11) is 1.44. The average Bonchev–Trinajstić information content (AvgIpc) is 2.71. The van der Waals surface area contributed by atoms with Crippen LogP contribution in [-0.2, 0) is 9.59 Å². The number of hydrogen-bond donors (Lipinski definition) is 1. The van der Waals surface area contributed by atoms with Crippen molar-refractivity contribution in [2.24, 2.45) is 0 Å². The molecule has 2 aromatic rings. The second-order valence-electron chi connectivity index (χ2n) is 6.07. The van der Waals surface area contributed by atoms with Crippen molar-refractivity contribution in [2.75, 3.05) is 18.6 Å². The smallest absolute Gasteiger partial charge is 0.270 e. The van der Waals surface area contributed by atoms with Crippen LogP contribution >= 0.6 is 23.8 Å². The normalized spacial score (nSPS) is 15.2. The fraction of sp³-hybridized carbons (Fsp3) is 0.0952. The molecule has 0 atom stereocenters. The van der Waals surface area contributed by atoms with Gasteiger partial charge in [-0.25, -0.2) is 4.39 Å². The molecule has 3 rings (SSSR count). The summed E-state index contributed by atoms with van der Waals surface area (Å²) < 4.78 is 24.0. The molecule has 0 spiro atoms. The summed E-state index contributed by atoms with van der Waals surface area (Å²) >= 11 is 11.4. The molecule has 0 aromatic heterocycles. The lowest BCUT2D eigenvalue weighted by Crippen LogP contribution is -2.54. The van der Waals surface area contributed by atoms with Crippen molar-refractivity contribution in [3.05, 3.63) is 71.0 Å². The number of ether oxygens (including phenoxy) is 2. The minimum absolute atomic E-state index is 0.0995. The second kappa shape index (κ2) is 9.06. The van der Waals surface area contributed by atoms with Crippen LogP contribution in [0, 0.1) is 5.82 Å². The standard InChI is InChI=1S/C21H16ClFN2O4S/c1-3-8-29-18-16(22)10-12(11-17(18)28-2)9-15-19(26)24-21(30)25(20(15)27)14-6-4-13(23)5-7-14/h3-7,9-11H,1,8H2,2H3,(H,24,26,30)/b15-9-. The zero-order valence-electron chi connectivity index (χ0n) is 15.8. The third-order valence-corrected chi connectivity index (χ3v) is 4.66. The van der Waals surface area contributed by atoms with E-state index in [4.69, 9.17) is 33.3 Å². The van der Waals surface area contributed by atoms with Gasteiger partial charge in [-0.15, -0.1) is 0 Å². The van der Waals surface area contributed by atoms with Crippen molar-refractivity contribution in [1.29, 1.82) is 0 Å². The molecule has 0 radical (unpaired) electrons. The van der Waals surface area contributed by atoms with Gasteiger partial charge in [-0.05, 0) is 60.3 Å². The Morgan fingerprint density at radius 2 is 1.97 bits per heavy atom. The highest BCUT2D eigenvalue weighted by Gasteiger charge is 2.34. The van der Waals surface area contributed by atoms with Gasteiger partial charge in [0.1, 0.15) is 18.0 Å². The molecule has 9 heteroatoms. The molecule has 1 N–H and O–H groups in total. The molecule has 0 bridgehead atoms. The second-order valence-corrected chi connectivity index (χ2v) is 6.86. The largest absolute Gasteiger partial charge is 0.493 e. The van der Waals surface area contributed by atoms with Gasteiger partial charge in [-0.3, -0.25) is 19.8 Å². The monoisotopic (exact) mass is 446 g/mol. The number of methoxy groups -OCH3 is 1. The van der Waals surface area contributed by atoms with Gasteiger partial charge >= 0.3 is 0 Å². The summed E-state index contributed by atoms with van der Waals surface area (Å²) in [5, 5.41) is 2.60. The predicted molar refractivity (Wildman–Crippen MR) is 116 cm³/mol. The van der Waals surface area contributed by atoms with E-state index in [-0.39, 0.29) is 22.3 Å². The van der Waals surface area contributed by atoms with Crippen molar-refractivity contribution >= 4 is 52.5 Å². The fourth-order valence-electron chi connectivity index (χ4n) is 2.75. The minimum Gasteiger partial charge on any atom is -0.493 e. The Morgan fingerprint density at radius 3 is 2.60 bits per heavy atom. The first-order valence-corrected chi connectivity index (χ1v) is 9.42. The van der Waals surface area contributed by atoms with Crippen LogP contribution < -0.4 is 19.7 Å². The van der Waals surface area contributed by atoms with Crippen LogP contribution in [0.1, 0.15) is 5.56 Å². The summed E-state index contributed by atoms with van der Waals surface area (Å²) in [6.45, 7) is 3.80. The van der Waals surface area contributed by atoms with Crippen LogP contribution in [0.3, 0.4) is 0 Å².